The highest BCUT2D eigenvalue weighted by atomic mass is 15.1. The SMILES string of the molecule is c1ccc(-c2ccc(-c3ccc(N(c4ccccc4-c4ccc5ccccc5c4)c4cccc5c4-c4ccccc4C5(c4ccccc4)c4ccccc4)cc3)cc2)cc1. The van der Waals surface area contributed by atoms with E-state index in [-0.39, 0.29) is 0 Å². The number of para-hydroxylation sites is 1. The molecule has 0 amide bonds. The fourth-order valence-electron chi connectivity index (χ4n) is 9.63. The third-order valence-corrected chi connectivity index (χ3v) is 12.4. The van der Waals surface area contributed by atoms with Crippen molar-refractivity contribution in [1.29, 1.82) is 0 Å². The Morgan fingerprint density at radius 3 is 1.42 bits per heavy atom. The van der Waals surface area contributed by atoms with Crippen LogP contribution in [0.2, 0.25) is 0 Å². The number of fused-ring (bicyclic) bond motifs is 4. The average Bonchev–Trinajstić information content (AvgIpc) is 3.64. The van der Waals surface area contributed by atoms with Crippen LogP contribution in [0.15, 0.2) is 249 Å². The predicted molar refractivity (Wildman–Crippen MR) is 252 cm³/mol. The number of rotatable bonds is 8. The standard InChI is InChI=1S/C59H41N/c1-4-17-42(18-5-1)44-31-33-45(34-32-44)46-37-39-51(40-38-46)60(56-29-15-13-25-52(56)48-36-35-43-19-10-11-20-47(43)41-48)57-30-16-28-55-58(57)53-26-12-14-27-54(53)59(55,49-21-6-2-7-22-49)50-23-8-3-9-24-50/h1-41H. The van der Waals surface area contributed by atoms with Crippen molar-refractivity contribution in [2.75, 3.05) is 4.90 Å². The minimum absolute atomic E-state index is 0.510. The summed E-state index contributed by atoms with van der Waals surface area (Å²) in [6.07, 6.45) is 0. The average molecular weight is 764 g/mol. The second-order valence-electron chi connectivity index (χ2n) is 15.6. The van der Waals surface area contributed by atoms with Gasteiger partial charge in [0.2, 0.25) is 0 Å². The van der Waals surface area contributed by atoms with Crippen LogP contribution in [0.4, 0.5) is 17.1 Å². The van der Waals surface area contributed by atoms with Gasteiger partial charge in [0.15, 0.2) is 0 Å². The van der Waals surface area contributed by atoms with Crippen LogP contribution < -0.4 is 4.90 Å². The van der Waals surface area contributed by atoms with Gasteiger partial charge >= 0.3 is 0 Å². The molecule has 1 aliphatic rings. The molecule has 10 aromatic rings. The Morgan fingerprint density at radius 2 is 0.750 bits per heavy atom. The number of nitrogens with zero attached hydrogens (tertiary/aromatic N) is 1. The number of benzene rings is 10. The number of hydrogen-bond acceptors (Lipinski definition) is 1. The fraction of sp³-hybridized carbons (Fsp3) is 0.0169. The van der Waals surface area contributed by atoms with Crippen molar-refractivity contribution in [3.8, 4) is 44.5 Å². The molecule has 11 rings (SSSR count). The van der Waals surface area contributed by atoms with Gasteiger partial charge in [-0.25, -0.2) is 0 Å². The lowest BCUT2D eigenvalue weighted by atomic mass is 9.68. The first kappa shape index (κ1) is 35.4. The molecule has 1 aliphatic carbocycles. The van der Waals surface area contributed by atoms with Crippen LogP contribution in [0.25, 0.3) is 55.3 Å². The van der Waals surface area contributed by atoms with Crippen molar-refractivity contribution >= 4 is 27.8 Å². The van der Waals surface area contributed by atoms with Gasteiger partial charge in [-0.05, 0) is 96.7 Å². The second kappa shape index (κ2) is 14.9. The van der Waals surface area contributed by atoms with E-state index in [0.717, 1.165) is 17.1 Å². The lowest BCUT2D eigenvalue weighted by Gasteiger charge is -2.34. The summed E-state index contributed by atoms with van der Waals surface area (Å²) in [5.41, 5.74) is 17.6. The van der Waals surface area contributed by atoms with E-state index in [1.165, 1.54) is 77.5 Å². The van der Waals surface area contributed by atoms with E-state index in [9.17, 15) is 0 Å². The van der Waals surface area contributed by atoms with Gasteiger partial charge in [0, 0.05) is 16.8 Å². The third kappa shape index (κ3) is 5.86. The minimum atomic E-state index is -0.510. The fourth-order valence-corrected chi connectivity index (χ4v) is 9.63. The van der Waals surface area contributed by atoms with Crippen LogP contribution in [0.5, 0.6) is 0 Å². The van der Waals surface area contributed by atoms with Gasteiger partial charge in [-0.2, -0.15) is 0 Å². The summed E-state index contributed by atoms with van der Waals surface area (Å²) in [6, 6.07) is 91.0. The summed E-state index contributed by atoms with van der Waals surface area (Å²) in [5.74, 6) is 0. The first-order valence-corrected chi connectivity index (χ1v) is 20.8. The third-order valence-electron chi connectivity index (χ3n) is 12.4. The van der Waals surface area contributed by atoms with E-state index in [0.29, 0.717) is 0 Å². The van der Waals surface area contributed by atoms with Gasteiger partial charge in [-0.3, -0.25) is 0 Å². The molecule has 0 fully saturated rings. The van der Waals surface area contributed by atoms with E-state index in [2.05, 4.69) is 254 Å². The normalized spacial score (nSPS) is 12.5. The van der Waals surface area contributed by atoms with Crippen LogP contribution in [0.3, 0.4) is 0 Å². The first-order valence-electron chi connectivity index (χ1n) is 20.8. The molecule has 60 heavy (non-hydrogen) atoms. The Balaban J connectivity index is 1.13. The van der Waals surface area contributed by atoms with Crippen molar-refractivity contribution in [2.24, 2.45) is 0 Å². The molecule has 0 radical (unpaired) electrons. The smallest absolute Gasteiger partial charge is 0.0714 e. The van der Waals surface area contributed by atoms with Crippen molar-refractivity contribution in [2.45, 2.75) is 5.41 Å². The Labute approximate surface area is 352 Å². The maximum atomic E-state index is 2.49. The van der Waals surface area contributed by atoms with Crippen molar-refractivity contribution in [1.82, 2.24) is 0 Å². The lowest BCUT2D eigenvalue weighted by Crippen LogP contribution is -2.28. The molecule has 0 N–H and O–H groups in total. The van der Waals surface area contributed by atoms with Crippen LogP contribution in [-0.4, -0.2) is 0 Å². The van der Waals surface area contributed by atoms with Crippen LogP contribution in [0.1, 0.15) is 22.3 Å². The molecular weight excluding hydrogens is 723 g/mol. The highest BCUT2D eigenvalue weighted by Gasteiger charge is 2.47. The van der Waals surface area contributed by atoms with Crippen LogP contribution in [-0.2, 0) is 5.41 Å². The van der Waals surface area contributed by atoms with E-state index >= 15 is 0 Å². The molecule has 0 aliphatic heterocycles. The molecule has 0 aromatic heterocycles. The van der Waals surface area contributed by atoms with Gasteiger partial charge < -0.3 is 4.90 Å². The molecule has 1 heteroatoms. The summed E-state index contributed by atoms with van der Waals surface area (Å²) in [7, 11) is 0. The molecule has 0 unspecified atom stereocenters. The van der Waals surface area contributed by atoms with Crippen molar-refractivity contribution < 1.29 is 0 Å². The molecule has 10 aromatic carbocycles. The molecule has 1 nitrogen and oxygen atoms in total. The van der Waals surface area contributed by atoms with Gasteiger partial charge in [-0.1, -0.05) is 218 Å². The highest BCUT2D eigenvalue weighted by Crippen LogP contribution is 2.59. The molecule has 0 saturated carbocycles. The van der Waals surface area contributed by atoms with Crippen molar-refractivity contribution in [3.63, 3.8) is 0 Å². The van der Waals surface area contributed by atoms with E-state index in [1.54, 1.807) is 0 Å². The predicted octanol–water partition coefficient (Wildman–Crippen LogP) is 15.7. The topological polar surface area (TPSA) is 3.24 Å². The Hall–Kier alpha value is -7.74. The van der Waals surface area contributed by atoms with E-state index < -0.39 is 5.41 Å². The zero-order chi connectivity index (χ0) is 39.9. The second-order valence-corrected chi connectivity index (χ2v) is 15.6. The lowest BCUT2D eigenvalue weighted by molar-refractivity contribution is 0.768. The molecule has 0 heterocycles. The highest BCUT2D eigenvalue weighted by molar-refractivity contribution is 6.00. The van der Waals surface area contributed by atoms with Gasteiger partial charge in [0.1, 0.15) is 0 Å². The van der Waals surface area contributed by atoms with Crippen LogP contribution in [0, 0.1) is 0 Å². The Kier molecular flexibility index (Phi) is 8.79. The minimum Gasteiger partial charge on any atom is -0.309 e. The molecular formula is C59H41N. The molecule has 0 atom stereocenters. The summed E-state index contributed by atoms with van der Waals surface area (Å²) in [4.78, 5) is 2.49. The Bertz CT molecular complexity index is 3070. The maximum Gasteiger partial charge on any atom is 0.0714 e. The largest absolute Gasteiger partial charge is 0.309 e. The van der Waals surface area contributed by atoms with Crippen molar-refractivity contribution in [3.05, 3.63) is 271 Å². The number of hydrogen-bond donors (Lipinski definition) is 0. The summed E-state index contributed by atoms with van der Waals surface area (Å²) in [5, 5.41) is 2.46. The first-order chi connectivity index (χ1) is 29.8. The number of anilines is 3. The quantitative estimate of drug-likeness (QED) is 0.149. The zero-order valence-corrected chi connectivity index (χ0v) is 33.1. The molecule has 0 spiro atoms. The maximum absolute atomic E-state index is 2.49. The molecule has 0 bridgehead atoms. The summed E-state index contributed by atoms with van der Waals surface area (Å²) >= 11 is 0. The van der Waals surface area contributed by atoms with Gasteiger partial charge in [0.25, 0.3) is 0 Å². The van der Waals surface area contributed by atoms with Gasteiger partial charge in [0.05, 0.1) is 16.8 Å². The van der Waals surface area contributed by atoms with Gasteiger partial charge in [-0.15, -0.1) is 0 Å². The van der Waals surface area contributed by atoms with Crippen LogP contribution >= 0.6 is 0 Å². The monoisotopic (exact) mass is 763 g/mol. The summed E-state index contributed by atoms with van der Waals surface area (Å²) in [6.45, 7) is 0. The summed E-state index contributed by atoms with van der Waals surface area (Å²) < 4.78 is 0. The van der Waals surface area contributed by atoms with E-state index in [1.807, 2.05) is 0 Å². The van der Waals surface area contributed by atoms with E-state index in [4.69, 9.17) is 0 Å². The zero-order valence-electron chi connectivity index (χ0n) is 33.1. The Morgan fingerprint density at radius 1 is 0.283 bits per heavy atom. The molecule has 0 saturated heterocycles. The molecule has 282 valence electrons.